The number of carbonyl (C=O) groups is 2. The van der Waals surface area contributed by atoms with Gasteiger partial charge >= 0.3 is 0 Å². The molecule has 0 atom stereocenters. The van der Waals surface area contributed by atoms with Gasteiger partial charge in [0.15, 0.2) is 11.5 Å². The molecule has 2 N–H and O–H groups in total. The zero-order chi connectivity index (χ0) is 26.8. The van der Waals surface area contributed by atoms with E-state index >= 15 is 0 Å². The van der Waals surface area contributed by atoms with E-state index in [4.69, 9.17) is 32.7 Å². The van der Waals surface area contributed by atoms with Gasteiger partial charge in [-0.3, -0.25) is 9.59 Å². The highest BCUT2D eigenvalue weighted by Gasteiger charge is 2.13. The molecule has 10 heteroatoms. The third kappa shape index (κ3) is 9.07. The van der Waals surface area contributed by atoms with E-state index in [0.29, 0.717) is 43.9 Å². The summed E-state index contributed by atoms with van der Waals surface area (Å²) in [6.07, 6.45) is 1.53. The molecule has 0 unspecified atom stereocenters. The molecule has 7 nitrogen and oxygen atoms in total. The van der Waals surface area contributed by atoms with E-state index < -0.39 is 0 Å². The van der Waals surface area contributed by atoms with Crippen molar-refractivity contribution >= 4 is 62.8 Å². The number of nitrogens with zero attached hydrogens (tertiary/aromatic N) is 1. The van der Waals surface area contributed by atoms with Crippen molar-refractivity contribution in [3.63, 3.8) is 0 Å². The SMILES string of the molecule is CCOc1cc(C=NNC(=O)CCC(=O)Nc2ccc(C)cc2)cc(Br)c1OCc1ccc(Cl)cc1Cl. The monoisotopic (exact) mass is 605 g/mol. The van der Waals surface area contributed by atoms with Crippen LogP contribution < -0.4 is 20.2 Å². The summed E-state index contributed by atoms with van der Waals surface area (Å²) >= 11 is 15.7. The molecule has 0 aromatic heterocycles. The predicted octanol–water partition coefficient (Wildman–Crippen LogP) is 6.91. The van der Waals surface area contributed by atoms with Gasteiger partial charge in [-0.25, -0.2) is 5.43 Å². The summed E-state index contributed by atoms with van der Waals surface area (Å²) in [6.45, 7) is 4.47. The topological polar surface area (TPSA) is 89.0 Å². The first-order valence-corrected chi connectivity index (χ1v) is 13.0. The van der Waals surface area contributed by atoms with Crippen molar-refractivity contribution in [3.05, 3.63) is 85.8 Å². The van der Waals surface area contributed by atoms with Crippen LogP contribution in [0.5, 0.6) is 11.5 Å². The molecule has 3 aromatic carbocycles. The number of amides is 2. The van der Waals surface area contributed by atoms with E-state index in [1.807, 2.05) is 38.1 Å². The van der Waals surface area contributed by atoms with E-state index in [-0.39, 0.29) is 31.3 Å². The van der Waals surface area contributed by atoms with Crippen LogP contribution in [0.4, 0.5) is 5.69 Å². The Bertz CT molecular complexity index is 1280. The molecular formula is C27H26BrCl2N3O4. The van der Waals surface area contributed by atoms with Crippen molar-refractivity contribution in [1.29, 1.82) is 0 Å². The minimum atomic E-state index is -0.376. The summed E-state index contributed by atoms with van der Waals surface area (Å²) in [5, 5.41) is 7.81. The fourth-order valence-corrected chi connectivity index (χ4v) is 4.21. The third-order valence-corrected chi connectivity index (χ3v) is 6.21. The first kappa shape index (κ1) is 28.5. The highest BCUT2D eigenvalue weighted by Crippen LogP contribution is 2.37. The highest BCUT2D eigenvalue weighted by molar-refractivity contribution is 9.10. The van der Waals surface area contributed by atoms with Gasteiger partial charge < -0.3 is 14.8 Å². The van der Waals surface area contributed by atoms with E-state index in [2.05, 4.69) is 31.8 Å². The minimum Gasteiger partial charge on any atom is -0.490 e. The van der Waals surface area contributed by atoms with Crippen LogP contribution in [0.3, 0.4) is 0 Å². The maximum Gasteiger partial charge on any atom is 0.240 e. The molecule has 3 aromatic rings. The van der Waals surface area contributed by atoms with Gasteiger partial charge in [-0.05, 0) is 71.7 Å². The lowest BCUT2D eigenvalue weighted by Crippen LogP contribution is -2.20. The van der Waals surface area contributed by atoms with E-state index in [1.54, 1.807) is 30.3 Å². The number of carbonyl (C=O) groups excluding carboxylic acids is 2. The van der Waals surface area contributed by atoms with Crippen LogP contribution in [-0.4, -0.2) is 24.6 Å². The Kier molecular flexibility index (Phi) is 10.8. The first-order chi connectivity index (χ1) is 17.7. The van der Waals surface area contributed by atoms with Crippen LogP contribution >= 0.6 is 39.1 Å². The Morgan fingerprint density at radius 3 is 2.43 bits per heavy atom. The fourth-order valence-electron chi connectivity index (χ4n) is 3.18. The molecule has 3 rings (SSSR count). The van der Waals surface area contributed by atoms with Crippen molar-refractivity contribution in [2.75, 3.05) is 11.9 Å². The lowest BCUT2D eigenvalue weighted by Gasteiger charge is -2.15. The van der Waals surface area contributed by atoms with E-state index in [0.717, 1.165) is 11.1 Å². The van der Waals surface area contributed by atoms with Crippen molar-refractivity contribution in [2.24, 2.45) is 5.10 Å². The van der Waals surface area contributed by atoms with Crippen LogP contribution in [-0.2, 0) is 16.2 Å². The molecule has 0 radical (unpaired) electrons. The van der Waals surface area contributed by atoms with Crippen LogP contribution in [0.15, 0.2) is 64.2 Å². The molecule has 0 heterocycles. The molecule has 0 saturated heterocycles. The van der Waals surface area contributed by atoms with Crippen molar-refractivity contribution in [2.45, 2.75) is 33.3 Å². The highest BCUT2D eigenvalue weighted by atomic mass is 79.9. The number of hydrogen-bond donors (Lipinski definition) is 2. The van der Waals surface area contributed by atoms with Crippen LogP contribution in [0, 0.1) is 6.92 Å². The number of halogens is 3. The van der Waals surface area contributed by atoms with Crippen LogP contribution in [0.2, 0.25) is 10.0 Å². The Balaban J connectivity index is 1.55. The molecule has 0 aliphatic heterocycles. The average Bonchev–Trinajstić information content (AvgIpc) is 2.85. The number of aryl methyl sites for hydroxylation is 1. The van der Waals surface area contributed by atoms with Gasteiger partial charge in [0.1, 0.15) is 6.61 Å². The summed E-state index contributed by atoms with van der Waals surface area (Å²) in [5.41, 5.74) is 5.67. The molecule has 37 heavy (non-hydrogen) atoms. The maximum absolute atomic E-state index is 12.1. The number of ether oxygens (including phenoxy) is 2. The van der Waals surface area contributed by atoms with Gasteiger partial charge in [0, 0.05) is 34.1 Å². The molecule has 0 aliphatic carbocycles. The van der Waals surface area contributed by atoms with E-state index in [9.17, 15) is 9.59 Å². The Morgan fingerprint density at radius 1 is 1.00 bits per heavy atom. The van der Waals surface area contributed by atoms with Gasteiger partial charge in [-0.2, -0.15) is 5.10 Å². The summed E-state index contributed by atoms with van der Waals surface area (Å²) in [5.74, 6) is 0.388. The standard InChI is InChI=1S/C27H26BrCl2N3O4/c1-3-36-24-13-18(12-22(28)27(24)37-16-19-6-7-20(29)14-23(19)30)15-31-33-26(35)11-10-25(34)32-21-8-4-17(2)5-9-21/h4-9,12-15H,3,10-11,16H2,1-2H3,(H,32,34)(H,33,35). The van der Waals surface area contributed by atoms with Crippen molar-refractivity contribution < 1.29 is 19.1 Å². The molecule has 0 saturated carbocycles. The van der Waals surface area contributed by atoms with Crippen molar-refractivity contribution in [1.82, 2.24) is 5.43 Å². The predicted molar refractivity (Wildman–Crippen MR) is 151 cm³/mol. The molecule has 0 aliphatic rings. The molecular weight excluding hydrogens is 581 g/mol. The number of rotatable bonds is 11. The Morgan fingerprint density at radius 2 is 1.73 bits per heavy atom. The molecule has 0 spiro atoms. The van der Waals surface area contributed by atoms with Gasteiger partial charge in [0.05, 0.1) is 17.3 Å². The molecule has 194 valence electrons. The average molecular weight is 607 g/mol. The summed E-state index contributed by atoms with van der Waals surface area (Å²) in [6, 6.07) is 16.2. The summed E-state index contributed by atoms with van der Waals surface area (Å²) in [7, 11) is 0. The molecule has 0 fully saturated rings. The first-order valence-electron chi connectivity index (χ1n) is 11.5. The summed E-state index contributed by atoms with van der Waals surface area (Å²) < 4.78 is 12.4. The zero-order valence-electron chi connectivity index (χ0n) is 20.3. The number of benzene rings is 3. The zero-order valence-corrected chi connectivity index (χ0v) is 23.4. The number of anilines is 1. The largest absolute Gasteiger partial charge is 0.490 e. The number of hydrazone groups is 1. The Labute approximate surface area is 234 Å². The molecule has 0 bridgehead atoms. The molecule has 2 amide bonds. The maximum atomic E-state index is 12.1. The fraction of sp³-hybridized carbons (Fsp3) is 0.222. The Hall–Kier alpha value is -3.07. The van der Waals surface area contributed by atoms with Gasteiger partial charge in [-0.1, -0.05) is 47.0 Å². The van der Waals surface area contributed by atoms with Gasteiger partial charge in [-0.15, -0.1) is 0 Å². The third-order valence-electron chi connectivity index (χ3n) is 5.04. The van der Waals surface area contributed by atoms with Gasteiger partial charge in [0.25, 0.3) is 0 Å². The lowest BCUT2D eigenvalue weighted by molar-refractivity contribution is -0.124. The normalized spacial score (nSPS) is 10.8. The second kappa shape index (κ2) is 14.0. The lowest BCUT2D eigenvalue weighted by atomic mass is 10.2. The second-order valence-electron chi connectivity index (χ2n) is 7.99. The smallest absolute Gasteiger partial charge is 0.240 e. The van der Waals surface area contributed by atoms with Crippen LogP contribution in [0.25, 0.3) is 0 Å². The number of hydrogen-bond acceptors (Lipinski definition) is 5. The second-order valence-corrected chi connectivity index (χ2v) is 9.69. The number of nitrogens with one attached hydrogen (secondary N) is 2. The summed E-state index contributed by atoms with van der Waals surface area (Å²) in [4.78, 5) is 24.2. The van der Waals surface area contributed by atoms with Crippen LogP contribution in [0.1, 0.15) is 36.5 Å². The van der Waals surface area contributed by atoms with E-state index in [1.165, 1.54) is 6.21 Å². The minimum absolute atomic E-state index is 0.00294. The quantitative estimate of drug-likeness (QED) is 0.183. The van der Waals surface area contributed by atoms with Crippen molar-refractivity contribution in [3.8, 4) is 11.5 Å². The van der Waals surface area contributed by atoms with Gasteiger partial charge in [0.2, 0.25) is 11.8 Å².